The largest absolute Gasteiger partial charge is 0.353 e. The molecule has 27 heavy (non-hydrogen) atoms. The number of aromatic nitrogens is 2. The maximum atomic E-state index is 13.9. The van der Waals surface area contributed by atoms with Gasteiger partial charge in [0.25, 0.3) is 0 Å². The summed E-state index contributed by atoms with van der Waals surface area (Å²) in [7, 11) is 1.80. The first-order valence-electron chi connectivity index (χ1n) is 9.01. The summed E-state index contributed by atoms with van der Waals surface area (Å²) >= 11 is 0. The van der Waals surface area contributed by atoms with Gasteiger partial charge in [-0.2, -0.15) is 0 Å². The van der Waals surface area contributed by atoms with Crippen LogP contribution in [0.15, 0.2) is 47.7 Å². The van der Waals surface area contributed by atoms with E-state index in [1.54, 1.807) is 25.5 Å². The summed E-state index contributed by atoms with van der Waals surface area (Å²) in [6, 6.07) is 9.12. The Morgan fingerprint density at radius 2 is 1.81 bits per heavy atom. The molecule has 1 N–H and O–H groups in total. The Labute approximate surface area is 175 Å². The second-order valence-corrected chi connectivity index (χ2v) is 6.68. The Morgan fingerprint density at radius 1 is 1.11 bits per heavy atom. The van der Waals surface area contributed by atoms with Gasteiger partial charge in [-0.05, 0) is 24.1 Å². The first-order chi connectivity index (χ1) is 12.8. The number of nitrogens with zero attached hydrogens (tertiary/aromatic N) is 5. The Morgan fingerprint density at radius 3 is 2.48 bits per heavy atom. The number of guanidine groups is 1. The van der Waals surface area contributed by atoms with Crippen molar-refractivity contribution in [3.63, 3.8) is 0 Å². The quantitative estimate of drug-likeness (QED) is 0.414. The summed E-state index contributed by atoms with van der Waals surface area (Å²) < 4.78 is 13.9. The van der Waals surface area contributed by atoms with Gasteiger partial charge in [-0.3, -0.25) is 4.99 Å². The van der Waals surface area contributed by atoms with Crippen LogP contribution in [-0.4, -0.2) is 60.1 Å². The fourth-order valence-electron chi connectivity index (χ4n) is 3.51. The highest BCUT2D eigenvalue weighted by molar-refractivity contribution is 14.0. The van der Waals surface area contributed by atoms with Crippen molar-refractivity contribution in [1.29, 1.82) is 0 Å². The van der Waals surface area contributed by atoms with E-state index in [1.165, 1.54) is 6.07 Å². The van der Waals surface area contributed by atoms with Crippen molar-refractivity contribution in [3.8, 4) is 0 Å². The molecule has 144 valence electrons. The molecule has 1 aliphatic heterocycles. The van der Waals surface area contributed by atoms with Gasteiger partial charge >= 0.3 is 0 Å². The van der Waals surface area contributed by atoms with E-state index in [2.05, 4.69) is 30.1 Å². The summed E-state index contributed by atoms with van der Waals surface area (Å²) in [6.45, 7) is 3.42. The van der Waals surface area contributed by atoms with Gasteiger partial charge < -0.3 is 15.1 Å². The van der Waals surface area contributed by atoms with Crippen molar-refractivity contribution in [3.05, 3.63) is 54.1 Å². The van der Waals surface area contributed by atoms with Crippen LogP contribution in [0.5, 0.6) is 0 Å². The minimum Gasteiger partial charge on any atom is -0.353 e. The molecule has 2 aliphatic rings. The van der Waals surface area contributed by atoms with E-state index in [0.717, 1.165) is 50.1 Å². The van der Waals surface area contributed by atoms with E-state index in [1.807, 2.05) is 18.2 Å². The second kappa shape index (κ2) is 8.81. The van der Waals surface area contributed by atoms with Gasteiger partial charge in [0.1, 0.15) is 5.82 Å². The van der Waals surface area contributed by atoms with Crippen LogP contribution in [0.4, 0.5) is 10.3 Å². The monoisotopic (exact) mass is 482 g/mol. The number of aliphatic imine (C=N–C) groups is 1. The third-order valence-corrected chi connectivity index (χ3v) is 5.04. The molecule has 2 fully saturated rings. The number of anilines is 1. The van der Waals surface area contributed by atoms with Crippen molar-refractivity contribution < 1.29 is 4.39 Å². The highest BCUT2D eigenvalue weighted by atomic mass is 127. The van der Waals surface area contributed by atoms with Crippen molar-refractivity contribution >= 4 is 35.9 Å². The van der Waals surface area contributed by atoms with Crippen LogP contribution in [-0.2, 0) is 0 Å². The lowest BCUT2D eigenvalue weighted by Gasteiger charge is -2.36. The number of piperazine rings is 1. The molecule has 1 saturated heterocycles. The Kier molecular flexibility index (Phi) is 6.46. The normalized spacial score (nSPS) is 22.2. The fraction of sp³-hybridized carbons (Fsp3) is 0.421. The molecule has 2 unspecified atom stereocenters. The number of rotatable bonds is 3. The molecule has 6 nitrogen and oxygen atoms in total. The van der Waals surface area contributed by atoms with Crippen LogP contribution < -0.4 is 10.2 Å². The highest BCUT2D eigenvalue weighted by Crippen LogP contribution is 2.41. The summed E-state index contributed by atoms with van der Waals surface area (Å²) in [6.07, 6.45) is 4.48. The molecule has 2 atom stereocenters. The molecule has 4 rings (SSSR count). The molecular formula is C19H24FIN6. The maximum Gasteiger partial charge on any atom is 0.225 e. The van der Waals surface area contributed by atoms with Crippen LogP contribution >= 0.6 is 24.0 Å². The SMILES string of the molecule is CN=C(NC1CC1c1ccccc1F)N1CCN(c2ncccn2)CC1.I. The number of hydrogen-bond acceptors (Lipinski definition) is 4. The molecule has 0 bridgehead atoms. The van der Waals surface area contributed by atoms with E-state index in [4.69, 9.17) is 0 Å². The van der Waals surface area contributed by atoms with E-state index in [9.17, 15) is 4.39 Å². The average molecular weight is 482 g/mol. The molecule has 1 aromatic heterocycles. The van der Waals surface area contributed by atoms with E-state index >= 15 is 0 Å². The van der Waals surface area contributed by atoms with Crippen molar-refractivity contribution in [2.45, 2.75) is 18.4 Å². The van der Waals surface area contributed by atoms with E-state index < -0.39 is 0 Å². The molecule has 2 aromatic rings. The molecular weight excluding hydrogens is 458 g/mol. The minimum atomic E-state index is -0.117. The van der Waals surface area contributed by atoms with E-state index in [0.29, 0.717) is 0 Å². The number of hydrogen-bond donors (Lipinski definition) is 1. The molecule has 1 aromatic carbocycles. The molecule has 0 spiro atoms. The summed E-state index contributed by atoms with van der Waals surface area (Å²) in [5.74, 6) is 1.78. The van der Waals surface area contributed by atoms with Crippen LogP contribution in [0, 0.1) is 5.82 Å². The van der Waals surface area contributed by atoms with Crippen LogP contribution in [0.2, 0.25) is 0 Å². The smallest absolute Gasteiger partial charge is 0.225 e. The lowest BCUT2D eigenvalue weighted by Crippen LogP contribution is -2.53. The standard InChI is InChI=1S/C19H23FN6.HI/c1-21-18(24-17-13-15(17)14-5-2-3-6-16(14)20)25-9-11-26(12-10-25)19-22-7-4-8-23-19;/h2-8,15,17H,9-13H2,1H3,(H,21,24);1H. The second-order valence-electron chi connectivity index (χ2n) is 6.68. The average Bonchev–Trinajstić information content (AvgIpc) is 3.46. The summed E-state index contributed by atoms with van der Waals surface area (Å²) in [5, 5.41) is 3.50. The summed E-state index contributed by atoms with van der Waals surface area (Å²) in [5.41, 5.74) is 0.798. The number of halogens is 2. The van der Waals surface area contributed by atoms with Crippen LogP contribution in [0.1, 0.15) is 17.9 Å². The Bertz CT molecular complexity index is 779. The Balaban J connectivity index is 0.00000210. The highest BCUT2D eigenvalue weighted by Gasteiger charge is 2.41. The lowest BCUT2D eigenvalue weighted by molar-refractivity contribution is 0.369. The zero-order valence-corrected chi connectivity index (χ0v) is 17.6. The van der Waals surface area contributed by atoms with Crippen LogP contribution in [0.25, 0.3) is 0 Å². The van der Waals surface area contributed by atoms with Gasteiger partial charge in [-0.1, -0.05) is 18.2 Å². The van der Waals surface area contributed by atoms with Crippen molar-refractivity contribution in [2.75, 3.05) is 38.1 Å². The Hall–Kier alpha value is -1.97. The predicted octanol–water partition coefficient (Wildman–Crippen LogP) is 2.49. The lowest BCUT2D eigenvalue weighted by atomic mass is 10.1. The van der Waals surface area contributed by atoms with Gasteiger partial charge in [0.05, 0.1) is 0 Å². The first kappa shape index (κ1) is 19.8. The van der Waals surface area contributed by atoms with Gasteiger partial charge in [0, 0.05) is 57.6 Å². The zero-order chi connectivity index (χ0) is 17.9. The van der Waals surface area contributed by atoms with Crippen LogP contribution in [0.3, 0.4) is 0 Å². The molecule has 2 heterocycles. The topological polar surface area (TPSA) is 56.7 Å². The third-order valence-electron chi connectivity index (χ3n) is 5.04. The zero-order valence-electron chi connectivity index (χ0n) is 15.3. The van der Waals surface area contributed by atoms with E-state index in [-0.39, 0.29) is 41.8 Å². The molecule has 0 radical (unpaired) electrons. The third kappa shape index (κ3) is 4.48. The predicted molar refractivity (Wildman–Crippen MR) is 115 cm³/mol. The molecule has 1 aliphatic carbocycles. The van der Waals surface area contributed by atoms with Gasteiger partial charge in [0.15, 0.2) is 5.96 Å². The summed E-state index contributed by atoms with van der Waals surface area (Å²) in [4.78, 5) is 17.5. The molecule has 0 amide bonds. The van der Waals surface area contributed by atoms with Crippen molar-refractivity contribution in [1.82, 2.24) is 20.2 Å². The molecule has 8 heteroatoms. The number of nitrogens with one attached hydrogen (secondary N) is 1. The fourth-order valence-corrected chi connectivity index (χ4v) is 3.51. The first-order valence-corrected chi connectivity index (χ1v) is 9.01. The molecule has 1 saturated carbocycles. The number of benzene rings is 1. The minimum absolute atomic E-state index is 0. The maximum absolute atomic E-state index is 13.9. The van der Waals surface area contributed by atoms with Crippen molar-refractivity contribution in [2.24, 2.45) is 4.99 Å². The van der Waals surface area contributed by atoms with Gasteiger partial charge in [0.2, 0.25) is 5.95 Å². The van der Waals surface area contributed by atoms with Gasteiger partial charge in [-0.25, -0.2) is 14.4 Å². The van der Waals surface area contributed by atoms with Gasteiger partial charge in [-0.15, -0.1) is 24.0 Å².